The number of rotatable bonds is 10. The van der Waals surface area contributed by atoms with Gasteiger partial charge in [0.15, 0.2) is 6.10 Å². The van der Waals surface area contributed by atoms with E-state index in [0.29, 0.717) is 19.3 Å². The van der Waals surface area contributed by atoms with Gasteiger partial charge in [0.1, 0.15) is 31.0 Å². The molecule has 0 spiro atoms. The number of fused-ring (bicyclic) bond motifs is 3. The van der Waals surface area contributed by atoms with Gasteiger partial charge in [0.25, 0.3) is 0 Å². The Morgan fingerprint density at radius 1 is 1.12 bits per heavy atom. The van der Waals surface area contributed by atoms with Crippen LogP contribution in [-0.2, 0) is 53.0 Å². The smallest absolute Gasteiger partial charge is 0.405 e. The SMILES string of the molecule is CC(OC(=O)COCC(=O)OC1C2CC3C1OC(=O)C3C2C(=O)OC1(C)CC2CCC1(C)C2(C)C)C(F)(F)S(=O)(=O)O. The first-order valence-electron chi connectivity index (χ1n) is 14.0. The van der Waals surface area contributed by atoms with E-state index in [1.54, 1.807) is 0 Å². The predicted octanol–water partition coefficient (Wildman–Crippen LogP) is 2.28. The number of ether oxygens (including phenoxy) is 5. The van der Waals surface area contributed by atoms with Gasteiger partial charge in [-0.1, -0.05) is 20.8 Å². The lowest BCUT2D eigenvalue weighted by Crippen LogP contribution is -2.51. The molecule has 5 aliphatic rings. The van der Waals surface area contributed by atoms with Crippen LogP contribution in [0.3, 0.4) is 0 Å². The lowest BCUT2D eigenvalue weighted by atomic mass is 9.65. The van der Waals surface area contributed by atoms with Gasteiger partial charge in [-0.25, -0.2) is 9.59 Å². The molecule has 1 N–H and O–H groups in total. The highest BCUT2D eigenvalue weighted by Gasteiger charge is 2.73. The van der Waals surface area contributed by atoms with Gasteiger partial charge in [-0.05, 0) is 50.9 Å². The normalized spacial score (nSPS) is 40.1. The Bertz CT molecular complexity index is 1300. The first-order valence-corrected chi connectivity index (χ1v) is 15.4. The van der Waals surface area contributed by atoms with Crippen LogP contribution in [-0.4, -0.2) is 79.2 Å². The zero-order valence-corrected chi connectivity index (χ0v) is 24.8. The average Bonchev–Trinajstić information content (AvgIpc) is 3.56. The number of hydrogen-bond acceptors (Lipinski definition) is 11. The Labute approximate surface area is 241 Å². The summed E-state index contributed by atoms with van der Waals surface area (Å²) in [5, 5.41) is -4.75. The van der Waals surface area contributed by atoms with Crippen molar-refractivity contribution < 1.29 is 64.6 Å². The Balaban J connectivity index is 1.18. The lowest BCUT2D eigenvalue weighted by Gasteiger charge is -2.46. The summed E-state index contributed by atoms with van der Waals surface area (Å²) in [6.45, 7) is 7.26. The maximum absolute atomic E-state index is 13.7. The fraction of sp³-hybridized carbons (Fsp3) is 0.852. The van der Waals surface area contributed by atoms with Crippen LogP contribution < -0.4 is 0 Å². The molecule has 4 saturated carbocycles. The molecule has 4 aliphatic carbocycles. The van der Waals surface area contributed by atoms with Gasteiger partial charge < -0.3 is 23.7 Å². The minimum atomic E-state index is -5.83. The van der Waals surface area contributed by atoms with E-state index in [4.69, 9.17) is 23.5 Å². The maximum Gasteiger partial charge on any atom is 0.405 e. The van der Waals surface area contributed by atoms with E-state index >= 15 is 0 Å². The van der Waals surface area contributed by atoms with E-state index in [0.717, 1.165) is 19.3 Å². The molecular weight excluding hydrogens is 586 g/mol. The average molecular weight is 623 g/mol. The number of carbonyl (C=O) groups excluding carboxylic acids is 4. The quantitative estimate of drug-likeness (QED) is 0.215. The van der Waals surface area contributed by atoms with Gasteiger partial charge >= 0.3 is 39.2 Å². The summed E-state index contributed by atoms with van der Waals surface area (Å²) in [6.07, 6.45) is -1.06. The van der Waals surface area contributed by atoms with Crippen molar-refractivity contribution in [2.75, 3.05) is 13.2 Å². The molecule has 0 aromatic rings. The lowest BCUT2D eigenvalue weighted by molar-refractivity contribution is -0.188. The minimum absolute atomic E-state index is 0.0198. The zero-order chi connectivity index (χ0) is 31.2. The van der Waals surface area contributed by atoms with E-state index in [1.165, 1.54) is 0 Å². The molecule has 236 valence electrons. The summed E-state index contributed by atoms with van der Waals surface area (Å²) in [7, 11) is -5.83. The van der Waals surface area contributed by atoms with E-state index in [2.05, 4.69) is 25.5 Å². The number of hydrogen-bond donors (Lipinski definition) is 1. The standard InChI is InChI=1S/C27H36F2O12S/c1-12(27(28,29)42(34,35)36)38-16(30)10-37-11-17(31)39-20-15-8-14-18(22(32)40-21(14)20)19(15)23(33)41-26(5)9-13-6-7-25(26,4)24(13,2)3/h12-15,18-21H,6-11H2,1-5H3,(H,34,35,36). The van der Waals surface area contributed by atoms with Crippen molar-refractivity contribution in [3.63, 3.8) is 0 Å². The summed E-state index contributed by atoms with van der Waals surface area (Å²) in [4.78, 5) is 50.8. The van der Waals surface area contributed by atoms with Gasteiger partial charge in [-0.15, -0.1) is 0 Å². The van der Waals surface area contributed by atoms with Crippen LogP contribution in [0, 0.1) is 40.4 Å². The fourth-order valence-electron chi connectivity index (χ4n) is 8.42. The molecule has 0 amide bonds. The van der Waals surface area contributed by atoms with E-state index in [1.807, 2.05) is 6.92 Å². The van der Waals surface area contributed by atoms with Gasteiger partial charge in [0.05, 0.1) is 11.8 Å². The highest BCUT2D eigenvalue weighted by Crippen LogP contribution is 2.71. The number of carbonyl (C=O) groups is 4. The van der Waals surface area contributed by atoms with Crippen molar-refractivity contribution in [3.8, 4) is 0 Å². The molecule has 0 radical (unpaired) electrons. The van der Waals surface area contributed by atoms with Gasteiger partial charge in [0.2, 0.25) is 0 Å². The molecule has 12 nitrogen and oxygen atoms in total. The van der Waals surface area contributed by atoms with Crippen LogP contribution in [0.25, 0.3) is 0 Å². The number of alkyl halides is 2. The van der Waals surface area contributed by atoms with Crippen LogP contribution in [0.1, 0.15) is 60.3 Å². The van der Waals surface area contributed by atoms with Crippen LogP contribution in [0.5, 0.6) is 0 Å². The largest absolute Gasteiger partial charge is 0.459 e. The molecule has 0 aromatic heterocycles. The van der Waals surface area contributed by atoms with Crippen molar-refractivity contribution >= 4 is 34.0 Å². The van der Waals surface area contributed by atoms with Crippen molar-refractivity contribution in [2.24, 2.45) is 40.4 Å². The molecule has 15 heteroatoms. The summed E-state index contributed by atoms with van der Waals surface area (Å²) in [5.74, 6) is -5.38. The Morgan fingerprint density at radius 2 is 1.76 bits per heavy atom. The van der Waals surface area contributed by atoms with E-state index < -0.39 is 94.1 Å². The molecule has 42 heavy (non-hydrogen) atoms. The second-order valence-electron chi connectivity index (χ2n) is 13.3. The predicted molar refractivity (Wildman–Crippen MR) is 135 cm³/mol. The van der Waals surface area contributed by atoms with Gasteiger partial charge in [0, 0.05) is 17.3 Å². The Kier molecular flexibility index (Phi) is 7.25. The van der Waals surface area contributed by atoms with Crippen molar-refractivity contribution in [1.82, 2.24) is 0 Å². The molecule has 1 aliphatic heterocycles. The highest BCUT2D eigenvalue weighted by atomic mass is 32.2. The molecule has 4 bridgehead atoms. The Hall–Kier alpha value is -2.39. The molecular formula is C27H36F2O12S. The molecule has 1 saturated heterocycles. The van der Waals surface area contributed by atoms with Crippen LogP contribution in [0.15, 0.2) is 0 Å². The van der Waals surface area contributed by atoms with E-state index in [-0.39, 0.29) is 16.7 Å². The minimum Gasteiger partial charge on any atom is -0.459 e. The van der Waals surface area contributed by atoms with E-state index in [9.17, 15) is 36.4 Å². The summed E-state index contributed by atoms with van der Waals surface area (Å²) < 4.78 is 83.7. The molecule has 5 rings (SSSR count). The van der Waals surface area contributed by atoms with Crippen molar-refractivity contribution in [2.45, 2.75) is 89.5 Å². The molecule has 10 unspecified atom stereocenters. The summed E-state index contributed by atoms with van der Waals surface area (Å²) in [5.41, 5.74) is -0.965. The van der Waals surface area contributed by atoms with Gasteiger partial charge in [-0.3, -0.25) is 14.1 Å². The zero-order valence-electron chi connectivity index (χ0n) is 24.0. The monoisotopic (exact) mass is 622 g/mol. The van der Waals surface area contributed by atoms with Crippen LogP contribution in [0.2, 0.25) is 0 Å². The number of esters is 4. The maximum atomic E-state index is 13.7. The highest BCUT2D eigenvalue weighted by molar-refractivity contribution is 7.86. The topological polar surface area (TPSA) is 169 Å². The fourth-order valence-corrected chi connectivity index (χ4v) is 8.89. The second-order valence-corrected chi connectivity index (χ2v) is 14.8. The molecule has 10 atom stereocenters. The van der Waals surface area contributed by atoms with Crippen molar-refractivity contribution in [1.29, 1.82) is 0 Å². The first-order chi connectivity index (χ1) is 19.2. The summed E-state index contributed by atoms with van der Waals surface area (Å²) >= 11 is 0. The van der Waals surface area contributed by atoms with Crippen molar-refractivity contribution in [3.05, 3.63) is 0 Å². The third-order valence-electron chi connectivity index (χ3n) is 11.2. The number of halogens is 2. The second kappa shape index (κ2) is 9.81. The molecule has 5 fully saturated rings. The molecule has 0 aromatic carbocycles. The van der Waals surface area contributed by atoms with Gasteiger partial charge in [-0.2, -0.15) is 17.2 Å². The summed E-state index contributed by atoms with van der Waals surface area (Å²) in [6, 6.07) is 0. The van der Waals surface area contributed by atoms with Crippen LogP contribution in [0.4, 0.5) is 8.78 Å². The first kappa shape index (κ1) is 31.0. The third kappa shape index (κ3) is 4.44. The van der Waals surface area contributed by atoms with Crippen LogP contribution >= 0.6 is 0 Å². The third-order valence-corrected chi connectivity index (χ3v) is 12.2. The molecule has 1 heterocycles. The Morgan fingerprint density at radius 3 is 2.33 bits per heavy atom.